The van der Waals surface area contributed by atoms with Crippen molar-refractivity contribution < 1.29 is 6.85 Å². The number of rotatable bonds is 4. The monoisotopic (exact) mass is 674 g/mol. The molecule has 0 N–H and O–H groups in total. The van der Waals surface area contributed by atoms with Crippen LogP contribution in [0, 0.1) is 0 Å². The van der Waals surface area contributed by atoms with E-state index in [0.29, 0.717) is 11.4 Å². The Morgan fingerprint density at radius 2 is 1.04 bits per heavy atom. The molecule has 51 heavy (non-hydrogen) atoms. The van der Waals surface area contributed by atoms with Crippen LogP contribution in [0.4, 0.5) is 0 Å². The van der Waals surface area contributed by atoms with E-state index in [1.807, 2.05) is 53.1 Å². The van der Waals surface area contributed by atoms with E-state index in [0.717, 1.165) is 49.3 Å². The van der Waals surface area contributed by atoms with Crippen LogP contribution in [-0.4, -0.2) is 24.1 Å². The molecule has 11 rings (SSSR count). The van der Waals surface area contributed by atoms with Crippen LogP contribution in [0.1, 0.15) is 6.85 Å². The van der Waals surface area contributed by atoms with Crippen molar-refractivity contribution in [2.75, 3.05) is 0 Å². The smallest absolute Gasteiger partial charge is 0.238 e. The molecule has 238 valence electrons. The third-order valence-corrected chi connectivity index (χ3v) is 10.9. The lowest BCUT2D eigenvalue weighted by Gasteiger charge is -2.13. The van der Waals surface area contributed by atoms with Crippen LogP contribution < -0.4 is 0 Å². The second-order valence-corrected chi connectivity index (χ2v) is 13.5. The highest BCUT2D eigenvalue weighted by molar-refractivity contribution is 7.26. The molecule has 0 spiro atoms. The van der Waals surface area contributed by atoms with Crippen LogP contribution in [0.2, 0.25) is 0 Å². The summed E-state index contributed by atoms with van der Waals surface area (Å²) in [6.07, 6.45) is 0. The Hall–Kier alpha value is -6.63. The first-order valence-electron chi connectivity index (χ1n) is 19.1. The van der Waals surface area contributed by atoms with Crippen molar-refractivity contribution in [1.82, 2.24) is 24.1 Å². The second kappa shape index (κ2) is 10.9. The lowest BCUT2D eigenvalue weighted by Crippen LogP contribution is -2.07. The molecule has 0 radical (unpaired) electrons. The summed E-state index contributed by atoms with van der Waals surface area (Å²) in [7, 11) is 0. The summed E-state index contributed by atoms with van der Waals surface area (Å²) in [5.74, 6) is 0.557. The fourth-order valence-electron chi connectivity index (χ4n) is 7.52. The van der Waals surface area contributed by atoms with Crippen LogP contribution in [-0.2, 0) is 0 Å². The van der Waals surface area contributed by atoms with Gasteiger partial charge in [0.2, 0.25) is 5.95 Å². The third kappa shape index (κ3) is 4.17. The number of nitrogens with zero attached hydrogens (tertiary/aromatic N) is 5. The van der Waals surface area contributed by atoms with E-state index in [1.54, 1.807) is 11.3 Å². The van der Waals surface area contributed by atoms with Gasteiger partial charge in [-0.25, -0.2) is 4.98 Å². The van der Waals surface area contributed by atoms with Crippen molar-refractivity contribution in [3.63, 3.8) is 0 Å². The highest BCUT2D eigenvalue weighted by Gasteiger charge is 2.24. The number of fused-ring (bicyclic) bond motifs is 10. The van der Waals surface area contributed by atoms with Crippen molar-refractivity contribution in [3.8, 4) is 34.4 Å². The van der Waals surface area contributed by atoms with Gasteiger partial charge in [-0.05, 0) is 24.3 Å². The first kappa shape index (κ1) is 23.7. The predicted octanol–water partition coefficient (Wildman–Crippen LogP) is 11.8. The van der Waals surface area contributed by atoms with Gasteiger partial charge in [0, 0.05) is 48.1 Å². The predicted molar refractivity (Wildman–Crippen MR) is 212 cm³/mol. The highest BCUT2D eigenvalue weighted by atomic mass is 32.1. The van der Waals surface area contributed by atoms with Gasteiger partial charge in [0.1, 0.15) is 0 Å². The van der Waals surface area contributed by atoms with Crippen LogP contribution in [0.25, 0.3) is 98.2 Å². The molecule has 0 atom stereocenters. The van der Waals surface area contributed by atoms with Crippen molar-refractivity contribution in [2.45, 2.75) is 0 Å². The zero-order valence-corrected chi connectivity index (χ0v) is 27.7. The van der Waals surface area contributed by atoms with Crippen LogP contribution in [0.5, 0.6) is 0 Å². The largest absolute Gasteiger partial charge is 0.306 e. The average Bonchev–Trinajstić information content (AvgIpc) is 3.90. The summed E-state index contributed by atoms with van der Waals surface area (Å²) in [6.45, 7) is 0. The summed E-state index contributed by atoms with van der Waals surface area (Å²) in [5, 5.41) is 6.54. The number of hydrogen-bond acceptors (Lipinski definition) is 4. The van der Waals surface area contributed by atoms with E-state index >= 15 is 0 Å². The van der Waals surface area contributed by atoms with Gasteiger partial charge in [-0.3, -0.25) is 4.57 Å². The minimum absolute atomic E-state index is 0.0143. The molecule has 0 fully saturated rings. The molecule has 5 nitrogen and oxygen atoms in total. The summed E-state index contributed by atoms with van der Waals surface area (Å²) in [4.78, 5) is 14.9. The van der Waals surface area contributed by atoms with Gasteiger partial charge in [0.15, 0.2) is 11.6 Å². The molecule has 0 amide bonds. The van der Waals surface area contributed by atoms with Crippen LogP contribution >= 0.6 is 11.3 Å². The van der Waals surface area contributed by atoms with E-state index in [-0.39, 0.29) is 29.4 Å². The fraction of sp³-hybridized carbons (Fsp3) is 0. The van der Waals surface area contributed by atoms with Crippen molar-refractivity contribution >= 4 is 75.1 Å². The summed E-state index contributed by atoms with van der Waals surface area (Å²) in [5.41, 5.74) is 5.40. The Kier molecular flexibility index (Phi) is 5.08. The van der Waals surface area contributed by atoms with E-state index < -0.39 is 18.1 Å². The number of aromatic nitrogens is 5. The van der Waals surface area contributed by atoms with E-state index in [2.05, 4.69) is 89.5 Å². The first-order chi connectivity index (χ1) is 27.4. The van der Waals surface area contributed by atoms with Gasteiger partial charge in [-0.1, -0.05) is 139 Å². The zero-order chi connectivity index (χ0) is 37.8. The van der Waals surface area contributed by atoms with Gasteiger partial charge < -0.3 is 4.57 Å². The van der Waals surface area contributed by atoms with E-state index in [9.17, 15) is 0 Å². The van der Waals surface area contributed by atoms with Gasteiger partial charge >= 0.3 is 0 Å². The maximum absolute atomic E-state index is 8.87. The summed E-state index contributed by atoms with van der Waals surface area (Å²) >= 11 is 1.78. The normalized spacial score (nSPS) is 13.3. The minimum atomic E-state index is -0.479. The molecule has 0 aliphatic carbocycles. The number of thiophene rings is 1. The highest BCUT2D eigenvalue weighted by Crippen LogP contribution is 2.44. The zero-order valence-electron chi connectivity index (χ0n) is 31.8. The molecule has 0 unspecified atom stereocenters. The van der Waals surface area contributed by atoms with Gasteiger partial charge in [0.05, 0.1) is 39.3 Å². The lowest BCUT2D eigenvalue weighted by atomic mass is 10.1. The van der Waals surface area contributed by atoms with Crippen molar-refractivity contribution in [3.05, 3.63) is 164 Å². The molecular formula is C45H27N5S. The Balaban J connectivity index is 1.33. The summed E-state index contributed by atoms with van der Waals surface area (Å²) < 4.78 is 49.7. The van der Waals surface area contributed by atoms with Gasteiger partial charge in [-0.15, -0.1) is 11.3 Å². The van der Waals surface area contributed by atoms with E-state index in [1.165, 1.54) is 20.2 Å². The molecule has 11 aromatic rings. The SMILES string of the molecule is [2H]c1c([2H])c([2H])c(-c2nc(-c3ccccc3)nc(-n3c4ccccc4c4ccc5c6ccccc6n(-c6cccc7c6sc6ccccc67)c5c43)n2)c([2H])c1[2H]. The Morgan fingerprint density at radius 1 is 0.451 bits per heavy atom. The minimum Gasteiger partial charge on any atom is -0.306 e. The third-order valence-electron chi connectivity index (χ3n) is 9.67. The molecule has 4 heterocycles. The van der Waals surface area contributed by atoms with E-state index in [4.69, 9.17) is 21.8 Å². The second-order valence-electron chi connectivity index (χ2n) is 12.5. The molecule has 0 aliphatic heterocycles. The lowest BCUT2D eigenvalue weighted by molar-refractivity contribution is 0.953. The number of hydrogen-bond donors (Lipinski definition) is 0. The Labute approximate surface area is 303 Å². The topological polar surface area (TPSA) is 48.5 Å². The fourth-order valence-corrected chi connectivity index (χ4v) is 8.73. The molecular weight excluding hydrogens is 643 g/mol. The van der Waals surface area contributed by atoms with Crippen LogP contribution in [0.15, 0.2) is 164 Å². The first-order valence-corrected chi connectivity index (χ1v) is 17.5. The molecule has 0 saturated heterocycles. The summed E-state index contributed by atoms with van der Waals surface area (Å²) in [6, 6.07) is 43.2. The molecule has 7 aromatic carbocycles. The number of benzene rings is 7. The quantitative estimate of drug-likeness (QED) is 0.187. The number of para-hydroxylation sites is 2. The standard InChI is InChI=1S/C45H27N5S/c1-3-14-28(15-4-1)43-46-44(29-16-5-2-6-17-29)48-45(47-43)50-37-23-11-8-19-31(37)34-27-26-33-30-18-7-10-22-36(30)49(40(33)41(34)50)38-24-13-21-35-32-20-9-12-25-39(32)51-42(35)38/h1-27H/i1D,3D,4D,14D,15D. The maximum atomic E-state index is 8.87. The van der Waals surface area contributed by atoms with Gasteiger partial charge in [0.25, 0.3) is 0 Å². The van der Waals surface area contributed by atoms with Crippen molar-refractivity contribution in [2.24, 2.45) is 0 Å². The molecule has 6 heteroatoms. The Bertz CT molecular complexity index is 3410. The van der Waals surface area contributed by atoms with Crippen molar-refractivity contribution in [1.29, 1.82) is 0 Å². The molecule has 0 bridgehead atoms. The maximum Gasteiger partial charge on any atom is 0.238 e. The Morgan fingerprint density at radius 3 is 1.78 bits per heavy atom. The molecule has 0 aliphatic rings. The average molecular weight is 675 g/mol. The van der Waals surface area contributed by atoms with Crippen LogP contribution in [0.3, 0.4) is 0 Å². The molecule has 4 aromatic heterocycles. The molecule has 0 saturated carbocycles. The van der Waals surface area contributed by atoms with Gasteiger partial charge in [-0.2, -0.15) is 9.97 Å².